The molecule has 2 aromatic carbocycles. The molecule has 0 aliphatic carbocycles. The van der Waals surface area contributed by atoms with Crippen LogP contribution < -0.4 is 15.4 Å². The minimum Gasteiger partial charge on any atom is -0.492 e. The third-order valence-corrected chi connectivity index (χ3v) is 4.19. The van der Waals surface area contributed by atoms with Gasteiger partial charge in [0.2, 0.25) is 0 Å². The summed E-state index contributed by atoms with van der Waals surface area (Å²) >= 11 is 0. The zero-order valence-corrected chi connectivity index (χ0v) is 15.7. The van der Waals surface area contributed by atoms with Gasteiger partial charge in [-0.25, -0.2) is 0 Å². The van der Waals surface area contributed by atoms with Gasteiger partial charge in [0.25, 0.3) is 5.91 Å². The number of carbonyl (C=O) groups is 1. The molecular weight excluding hydrogens is 338 g/mol. The highest BCUT2D eigenvalue weighted by Gasteiger charge is 2.11. The van der Waals surface area contributed by atoms with Crippen LogP contribution in [-0.4, -0.2) is 17.5 Å². The van der Waals surface area contributed by atoms with E-state index in [-0.39, 0.29) is 5.91 Å². The van der Waals surface area contributed by atoms with Gasteiger partial charge in [0.15, 0.2) is 0 Å². The maximum absolute atomic E-state index is 12.7. The summed E-state index contributed by atoms with van der Waals surface area (Å²) < 4.78 is 5.63. The number of anilines is 3. The Morgan fingerprint density at radius 3 is 2.52 bits per heavy atom. The molecule has 138 valence electrons. The van der Waals surface area contributed by atoms with Gasteiger partial charge in [0.05, 0.1) is 29.7 Å². The van der Waals surface area contributed by atoms with Crippen molar-refractivity contribution >= 4 is 23.0 Å². The normalized spacial score (nSPS) is 10.3. The summed E-state index contributed by atoms with van der Waals surface area (Å²) in [7, 11) is 0. The maximum atomic E-state index is 12.7. The molecule has 3 rings (SSSR count). The molecule has 1 heterocycles. The lowest BCUT2D eigenvalue weighted by atomic mass is 10.1. The Hall–Kier alpha value is -3.34. The number of aryl methyl sites for hydroxylation is 2. The van der Waals surface area contributed by atoms with Gasteiger partial charge >= 0.3 is 0 Å². The number of hydrogen-bond acceptors (Lipinski definition) is 4. The lowest BCUT2D eigenvalue weighted by molar-refractivity contribution is 0.102. The summed E-state index contributed by atoms with van der Waals surface area (Å²) in [5, 5.41) is 6.26. The zero-order valence-electron chi connectivity index (χ0n) is 15.7. The smallest absolute Gasteiger partial charge is 0.257 e. The largest absolute Gasteiger partial charge is 0.492 e. The number of aromatic nitrogens is 1. The number of carbonyl (C=O) groups excluding carboxylic acids is 1. The SMILES string of the molecule is CCOc1ccccc1Nc1cncc(C(=O)Nc2c(C)cccc2C)c1. The highest BCUT2D eigenvalue weighted by Crippen LogP contribution is 2.27. The van der Waals surface area contributed by atoms with Crippen LogP contribution in [0.2, 0.25) is 0 Å². The van der Waals surface area contributed by atoms with E-state index in [9.17, 15) is 4.79 Å². The van der Waals surface area contributed by atoms with E-state index in [4.69, 9.17) is 4.74 Å². The van der Waals surface area contributed by atoms with E-state index >= 15 is 0 Å². The summed E-state index contributed by atoms with van der Waals surface area (Å²) in [5.41, 5.74) is 4.91. The third kappa shape index (κ3) is 4.44. The van der Waals surface area contributed by atoms with Crippen LogP contribution >= 0.6 is 0 Å². The summed E-state index contributed by atoms with van der Waals surface area (Å²) in [4.78, 5) is 16.9. The molecule has 1 aromatic heterocycles. The van der Waals surface area contributed by atoms with Crippen LogP contribution in [0.15, 0.2) is 60.9 Å². The number of para-hydroxylation sites is 3. The number of hydrogen-bond donors (Lipinski definition) is 2. The van der Waals surface area contributed by atoms with Crippen LogP contribution in [-0.2, 0) is 0 Å². The van der Waals surface area contributed by atoms with Gasteiger partial charge in [0, 0.05) is 11.9 Å². The van der Waals surface area contributed by atoms with E-state index in [2.05, 4.69) is 15.6 Å². The van der Waals surface area contributed by atoms with Crippen molar-refractivity contribution in [3.63, 3.8) is 0 Å². The molecule has 0 saturated carbocycles. The summed E-state index contributed by atoms with van der Waals surface area (Å²) in [6, 6.07) is 15.4. The Morgan fingerprint density at radius 2 is 1.78 bits per heavy atom. The molecule has 2 N–H and O–H groups in total. The first kappa shape index (κ1) is 18.5. The van der Waals surface area contributed by atoms with Crippen LogP contribution in [0.25, 0.3) is 0 Å². The molecule has 0 aliphatic rings. The molecule has 3 aromatic rings. The van der Waals surface area contributed by atoms with Gasteiger partial charge in [-0.1, -0.05) is 30.3 Å². The average Bonchev–Trinajstić information content (AvgIpc) is 2.67. The molecule has 0 unspecified atom stereocenters. The van der Waals surface area contributed by atoms with Crippen LogP contribution in [0.4, 0.5) is 17.1 Å². The highest BCUT2D eigenvalue weighted by molar-refractivity contribution is 6.05. The molecule has 0 spiro atoms. The van der Waals surface area contributed by atoms with Crippen LogP contribution in [0.5, 0.6) is 5.75 Å². The number of nitrogens with one attached hydrogen (secondary N) is 2. The Kier molecular flexibility index (Phi) is 5.71. The first-order valence-corrected chi connectivity index (χ1v) is 8.90. The van der Waals surface area contributed by atoms with Gasteiger partial charge in [0.1, 0.15) is 5.75 Å². The lowest BCUT2D eigenvalue weighted by Gasteiger charge is -2.14. The van der Waals surface area contributed by atoms with Crippen LogP contribution in [0, 0.1) is 13.8 Å². The Morgan fingerprint density at radius 1 is 1.04 bits per heavy atom. The van der Waals surface area contributed by atoms with Gasteiger partial charge in [-0.15, -0.1) is 0 Å². The molecule has 1 amide bonds. The standard InChI is InChI=1S/C22H23N3O2/c1-4-27-20-11-6-5-10-19(20)24-18-12-17(13-23-14-18)22(26)25-21-15(2)8-7-9-16(21)3/h5-14,24H,4H2,1-3H3,(H,25,26). The minimum absolute atomic E-state index is 0.193. The van der Waals surface area contributed by atoms with Crippen molar-refractivity contribution in [3.8, 4) is 5.75 Å². The number of amides is 1. The fourth-order valence-corrected chi connectivity index (χ4v) is 2.84. The first-order valence-electron chi connectivity index (χ1n) is 8.90. The van der Waals surface area contributed by atoms with Crippen LogP contribution in [0.1, 0.15) is 28.4 Å². The molecule has 0 saturated heterocycles. The third-order valence-electron chi connectivity index (χ3n) is 4.19. The topological polar surface area (TPSA) is 63.2 Å². The molecule has 0 radical (unpaired) electrons. The summed E-state index contributed by atoms with van der Waals surface area (Å²) in [6.07, 6.45) is 3.24. The number of rotatable bonds is 6. The number of benzene rings is 2. The zero-order chi connectivity index (χ0) is 19.2. The van der Waals surface area contributed by atoms with E-state index in [0.717, 1.165) is 33.9 Å². The molecular formula is C22H23N3O2. The summed E-state index contributed by atoms with van der Waals surface area (Å²) in [5.74, 6) is 0.562. The average molecular weight is 361 g/mol. The predicted molar refractivity (Wildman–Crippen MR) is 109 cm³/mol. The van der Waals surface area contributed by atoms with E-state index in [1.54, 1.807) is 18.5 Å². The van der Waals surface area contributed by atoms with E-state index in [1.165, 1.54) is 0 Å². The van der Waals surface area contributed by atoms with Crippen molar-refractivity contribution < 1.29 is 9.53 Å². The molecule has 5 heteroatoms. The van der Waals surface area contributed by atoms with Gasteiger partial charge in [-0.05, 0) is 50.1 Å². The van der Waals surface area contributed by atoms with E-state index in [1.807, 2.05) is 63.2 Å². The predicted octanol–water partition coefficient (Wildman–Crippen LogP) is 5.09. The fourth-order valence-electron chi connectivity index (χ4n) is 2.84. The van der Waals surface area contributed by atoms with Crippen molar-refractivity contribution in [3.05, 3.63) is 77.6 Å². The molecule has 0 bridgehead atoms. The van der Waals surface area contributed by atoms with Gasteiger partial charge in [-0.2, -0.15) is 0 Å². The van der Waals surface area contributed by atoms with Crippen molar-refractivity contribution in [1.29, 1.82) is 0 Å². The Balaban J connectivity index is 1.81. The van der Waals surface area contributed by atoms with Crippen molar-refractivity contribution in [2.45, 2.75) is 20.8 Å². The second kappa shape index (κ2) is 8.36. The second-order valence-electron chi connectivity index (χ2n) is 6.24. The first-order chi connectivity index (χ1) is 13.1. The van der Waals surface area contributed by atoms with Gasteiger partial charge < -0.3 is 15.4 Å². The van der Waals surface area contributed by atoms with Crippen molar-refractivity contribution in [1.82, 2.24) is 4.98 Å². The molecule has 0 atom stereocenters. The number of pyridine rings is 1. The Labute approximate surface area is 159 Å². The lowest BCUT2D eigenvalue weighted by Crippen LogP contribution is -2.14. The summed E-state index contributed by atoms with van der Waals surface area (Å²) in [6.45, 7) is 6.47. The number of nitrogens with zero attached hydrogens (tertiary/aromatic N) is 1. The highest BCUT2D eigenvalue weighted by atomic mass is 16.5. The number of ether oxygens (including phenoxy) is 1. The van der Waals surface area contributed by atoms with E-state index < -0.39 is 0 Å². The van der Waals surface area contributed by atoms with Crippen molar-refractivity contribution in [2.24, 2.45) is 0 Å². The second-order valence-corrected chi connectivity index (χ2v) is 6.24. The monoisotopic (exact) mass is 361 g/mol. The van der Waals surface area contributed by atoms with Gasteiger partial charge in [-0.3, -0.25) is 9.78 Å². The Bertz CT molecular complexity index is 934. The fraction of sp³-hybridized carbons (Fsp3) is 0.182. The van der Waals surface area contributed by atoms with E-state index in [0.29, 0.717) is 12.2 Å². The molecule has 0 fully saturated rings. The molecule has 5 nitrogen and oxygen atoms in total. The van der Waals surface area contributed by atoms with Crippen molar-refractivity contribution in [2.75, 3.05) is 17.2 Å². The maximum Gasteiger partial charge on any atom is 0.257 e. The van der Waals surface area contributed by atoms with Crippen LogP contribution in [0.3, 0.4) is 0 Å². The molecule has 0 aliphatic heterocycles. The quantitative estimate of drug-likeness (QED) is 0.642. The minimum atomic E-state index is -0.193. The molecule has 27 heavy (non-hydrogen) atoms.